The number of aryl methyl sites for hydroxylation is 1. The second-order valence-electron chi connectivity index (χ2n) is 5.73. The normalized spacial score (nSPS) is 20.0. The summed E-state index contributed by atoms with van der Waals surface area (Å²) in [5.74, 6) is 0.0855. The Morgan fingerprint density at radius 3 is 2.65 bits per heavy atom. The Morgan fingerprint density at radius 1 is 1.30 bits per heavy atom. The number of hydrogen-bond acceptors (Lipinski definition) is 2. The summed E-state index contributed by atoms with van der Waals surface area (Å²) in [5.41, 5.74) is 2.31. The van der Waals surface area contributed by atoms with Crippen LogP contribution in [0.4, 0.5) is 0 Å². The monoisotopic (exact) mass is 274 g/mol. The molecule has 1 aromatic rings. The van der Waals surface area contributed by atoms with Crippen molar-refractivity contribution in [3.63, 3.8) is 0 Å². The molecule has 0 bridgehead atoms. The van der Waals surface area contributed by atoms with Gasteiger partial charge in [-0.25, -0.2) is 0 Å². The molecule has 4 nitrogen and oxygen atoms in total. The number of carbonyl (C=O) groups is 2. The van der Waals surface area contributed by atoms with Crippen molar-refractivity contribution < 1.29 is 9.59 Å². The molecule has 20 heavy (non-hydrogen) atoms. The minimum atomic E-state index is -0.408. The van der Waals surface area contributed by atoms with Gasteiger partial charge in [0.25, 0.3) is 0 Å². The molecular weight excluding hydrogens is 252 g/mol. The van der Waals surface area contributed by atoms with Crippen LogP contribution in [0.5, 0.6) is 0 Å². The van der Waals surface area contributed by atoms with Crippen molar-refractivity contribution in [1.29, 1.82) is 0 Å². The van der Waals surface area contributed by atoms with E-state index in [4.69, 9.17) is 0 Å². The van der Waals surface area contributed by atoms with Crippen LogP contribution in [0.2, 0.25) is 0 Å². The van der Waals surface area contributed by atoms with E-state index in [2.05, 4.69) is 5.32 Å². The van der Waals surface area contributed by atoms with Gasteiger partial charge in [0.05, 0.1) is 0 Å². The molecule has 1 atom stereocenters. The van der Waals surface area contributed by atoms with Gasteiger partial charge in [-0.05, 0) is 24.0 Å². The lowest BCUT2D eigenvalue weighted by atomic mass is 10.0. The van der Waals surface area contributed by atoms with Crippen LogP contribution in [0.1, 0.15) is 31.4 Å². The Hall–Kier alpha value is -1.84. The molecule has 1 unspecified atom stereocenters. The average Bonchev–Trinajstić information content (AvgIpc) is 2.54. The van der Waals surface area contributed by atoms with Gasteiger partial charge in [0, 0.05) is 19.5 Å². The minimum absolute atomic E-state index is 0.0223. The van der Waals surface area contributed by atoms with E-state index < -0.39 is 6.04 Å². The van der Waals surface area contributed by atoms with Crippen LogP contribution < -0.4 is 5.32 Å². The summed E-state index contributed by atoms with van der Waals surface area (Å²) in [4.78, 5) is 26.1. The molecule has 1 fully saturated rings. The van der Waals surface area contributed by atoms with E-state index in [1.807, 2.05) is 45.0 Å². The summed E-state index contributed by atoms with van der Waals surface area (Å²) in [6, 6.07) is 7.64. The third-order valence-corrected chi connectivity index (χ3v) is 3.79. The van der Waals surface area contributed by atoms with Crippen LogP contribution in [0.15, 0.2) is 24.3 Å². The largest absolute Gasteiger partial charge is 0.344 e. The second kappa shape index (κ2) is 6.07. The number of rotatable bonds is 3. The number of amides is 2. The fourth-order valence-corrected chi connectivity index (χ4v) is 2.45. The number of hydrogen-bond donors (Lipinski definition) is 1. The van der Waals surface area contributed by atoms with E-state index >= 15 is 0 Å². The Bertz CT molecular complexity index is 511. The predicted molar refractivity (Wildman–Crippen MR) is 78.0 cm³/mol. The van der Waals surface area contributed by atoms with Gasteiger partial charge in [0.1, 0.15) is 6.04 Å². The average molecular weight is 274 g/mol. The molecule has 2 rings (SSSR count). The van der Waals surface area contributed by atoms with Crippen molar-refractivity contribution in [2.75, 3.05) is 6.54 Å². The molecule has 2 amide bonds. The van der Waals surface area contributed by atoms with Crippen molar-refractivity contribution in [2.24, 2.45) is 5.92 Å². The molecule has 1 saturated heterocycles. The fraction of sp³-hybridized carbons (Fsp3) is 0.500. The molecule has 1 aliphatic heterocycles. The third kappa shape index (κ3) is 3.18. The third-order valence-electron chi connectivity index (χ3n) is 3.79. The van der Waals surface area contributed by atoms with Crippen LogP contribution in [-0.2, 0) is 16.1 Å². The highest BCUT2D eigenvalue weighted by Gasteiger charge is 2.31. The van der Waals surface area contributed by atoms with Gasteiger partial charge in [-0.1, -0.05) is 38.1 Å². The van der Waals surface area contributed by atoms with Gasteiger partial charge >= 0.3 is 0 Å². The minimum Gasteiger partial charge on any atom is -0.344 e. The van der Waals surface area contributed by atoms with Crippen molar-refractivity contribution in [1.82, 2.24) is 10.2 Å². The lowest BCUT2D eigenvalue weighted by molar-refractivity contribution is -0.135. The number of carbonyl (C=O) groups excluding carboxylic acids is 2. The maximum atomic E-state index is 12.6. The SMILES string of the molecule is Cc1ccccc1CN1CCC(=O)NC(C(C)C)C1=O. The molecule has 1 N–H and O–H groups in total. The van der Waals surface area contributed by atoms with E-state index in [0.29, 0.717) is 19.5 Å². The first-order valence-corrected chi connectivity index (χ1v) is 7.11. The first kappa shape index (κ1) is 14.6. The summed E-state index contributed by atoms with van der Waals surface area (Å²) < 4.78 is 0. The smallest absolute Gasteiger partial charge is 0.245 e. The van der Waals surface area contributed by atoms with Gasteiger partial charge < -0.3 is 10.2 Å². The second-order valence-corrected chi connectivity index (χ2v) is 5.73. The highest BCUT2D eigenvalue weighted by Crippen LogP contribution is 2.16. The van der Waals surface area contributed by atoms with Crippen molar-refractivity contribution in [3.05, 3.63) is 35.4 Å². The van der Waals surface area contributed by atoms with E-state index in [-0.39, 0.29) is 17.7 Å². The van der Waals surface area contributed by atoms with Gasteiger partial charge in [-0.15, -0.1) is 0 Å². The summed E-state index contributed by atoms with van der Waals surface area (Å²) >= 11 is 0. The molecule has 1 heterocycles. The maximum Gasteiger partial charge on any atom is 0.245 e. The molecule has 108 valence electrons. The van der Waals surface area contributed by atoms with Gasteiger partial charge in [-0.2, -0.15) is 0 Å². The summed E-state index contributed by atoms with van der Waals surface area (Å²) in [7, 11) is 0. The molecule has 0 aromatic heterocycles. The zero-order valence-electron chi connectivity index (χ0n) is 12.3. The van der Waals surface area contributed by atoms with Gasteiger partial charge in [0.15, 0.2) is 0 Å². The zero-order chi connectivity index (χ0) is 14.7. The van der Waals surface area contributed by atoms with E-state index in [0.717, 1.165) is 5.56 Å². The van der Waals surface area contributed by atoms with E-state index in [1.54, 1.807) is 4.90 Å². The van der Waals surface area contributed by atoms with Crippen LogP contribution >= 0.6 is 0 Å². The number of nitrogens with zero attached hydrogens (tertiary/aromatic N) is 1. The van der Waals surface area contributed by atoms with Crippen LogP contribution in [0, 0.1) is 12.8 Å². The Morgan fingerprint density at radius 2 is 2.00 bits per heavy atom. The van der Waals surface area contributed by atoms with Gasteiger partial charge in [-0.3, -0.25) is 9.59 Å². The Balaban J connectivity index is 2.19. The molecule has 0 saturated carbocycles. The molecule has 1 aliphatic rings. The molecule has 0 radical (unpaired) electrons. The molecule has 4 heteroatoms. The standard InChI is InChI=1S/C16H22N2O2/c1-11(2)15-16(20)18(9-8-14(19)17-15)10-13-7-5-4-6-12(13)3/h4-7,11,15H,8-10H2,1-3H3,(H,17,19). The number of benzene rings is 1. The first-order chi connectivity index (χ1) is 9.49. The van der Waals surface area contributed by atoms with Crippen molar-refractivity contribution >= 4 is 11.8 Å². The molecular formula is C16H22N2O2. The Labute approximate surface area is 120 Å². The van der Waals surface area contributed by atoms with E-state index in [1.165, 1.54) is 5.56 Å². The van der Waals surface area contributed by atoms with Crippen LogP contribution in [0.3, 0.4) is 0 Å². The molecule has 0 spiro atoms. The molecule has 1 aromatic carbocycles. The lowest BCUT2D eigenvalue weighted by Crippen LogP contribution is -2.47. The van der Waals surface area contributed by atoms with E-state index in [9.17, 15) is 9.59 Å². The zero-order valence-corrected chi connectivity index (χ0v) is 12.3. The summed E-state index contributed by atoms with van der Waals surface area (Å²) in [5, 5.41) is 2.83. The maximum absolute atomic E-state index is 12.6. The fourth-order valence-electron chi connectivity index (χ4n) is 2.45. The van der Waals surface area contributed by atoms with Crippen molar-refractivity contribution in [3.8, 4) is 0 Å². The summed E-state index contributed by atoms with van der Waals surface area (Å²) in [6.07, 6.45) is 0.376. The van der Waals surface area contributed by atoms with Crippen molar-refractivity contribution in [2.45, 2.75) is 39.8 Å². The summed E-state index contributed by atoms with van der Waals surface area (Å²) in [6.45, 7) is 7.02. The molecule has 0 aliphatic carbocycles. The highest BCUT2D eigenvalue weighted by molar-refractivity contribution is 5.90. The number of nitrogens with one attached hydrogen (secondary N) is 1. The topological polar surface area (TPSA) is 49.4 Å². The quantitative estimate of drug-likeness (QED) is 0.914. The van der Waals surface area contributed by atoms with Gasteiger partial charge in [0.2, 0.25) is 11.8 Å². The Kier molecular flexibility index (Phi) is 4.42. The van der Waals surface area contributed by atoms with Crippen LogP contribution in [0.25, 0.3) is 0 Å². The lowest BCUT2D eigenvalue weighted by Gasteiger charge is -2.26. The predicted octanol–water partition coefficient (Wildman–Crippen LogP) is 1.87. The first-order valence-electron chi connectivity index (χ1n) is 7.11. The van der Waals surface area contributed by atoms with Crippen LogP contribution in [-0.4, -0.2) is 29.3 Å². The highest BCUT2D eigenvalue weighted by atomic mass is 16.2.